The SMILES string of the molecule is CCCCCCC/C(N)=C(/N)CC. The van der Waals surface area contributed by atoms with Crippen molar-refractivity contribution in [1.82, 2.24) is 0 Å². The van der Waals surface area contributed by atoms with Gasteiger partial charge in [0.25, 0.3) is 0 Å². The lowest BCUT2D eigenvalue weighted by atomic mass is 10.1. The van der Waals surface area contributed by atoms with Crippen LogP contribution in [0.4, 0.5) is 0 Å². The number of nitrogens with two attached hydrogens (primary N) is 2. The summed E-state index contributed by atoms with van der Waals surface area (Å²) in [7, 11) is 0. The van der Waals surface area contributed by atoms with Crippen molar-refractivity contribution < 1.29 is 0 Å². The fourth-order valence-electron chi connectivity index (χ4n) is 1.31. The minimum absolute atomic E-state index is 0.871. The highest BCUT2D eigenvalue weighted by atomic mass is 14.7. The largest absolute Gasteiger partial charge is 0.401 e. The average molecular weight is 184 g/mol. The van der Waals surface area contributed by atoms with E-state index in [2.05, 4.69) is 6.92 Å². The van der Waals surface area contributed by atoms with Gasteiger partial charge in [0.15, 0.2) is 0 Å². The third kappa shape index (κ3) is 6.50. The zero-order chi connectivity index (χ0) is 10.1. The number of unbranched alkanes of at least 4 members (excludes halogenated alkanes) is 4. The Morgan fingerprint density at radius 3 is 2.00 bits per heavy atom. The highest BCUT2D eigenvalue weighted by Gasteiger charge is 1.96. The van der Waals surface area contributed by atoms with Crippen molar-refractivity contribution in [2.75, 3.05) is 0 Å². The van der Waals surface area contributed by atoms with Crippen molar-refractivity contribution >= 4 is 0 Å². The molecule has 0 fully saturated rings. The molecule has 0 radical (unpaired) electrons. The topological polar surface area (TPSA) is 52.0 Å². The Bertz CT molecular complexity index is 150. The smallest absolute Gasteiger partial charge is 0.0271 e. The molecule has 0 heterocycles. The van der Waals surface area contributed by atoms with Crippen LogP contribution in [0, 0.1) is 0 Å². The van der Waals surface area contributed by atoms with Gasteiger partial charge in [-0.1, -0.05) is 39.5 Å². The van der Waals surface area contributed by atoms with Gasteiger partial charge in [-0.3, -0.25) is 0 Å². The van der Waals surface area contributed by atoms with Gasteiger partial charge in [0.2, 0.25) is 0 Å². The molecule has 0 amide bonds. The van der Waals surface area contributed by atoms with Crippen molar-refractivity contribution in [1.29, 1.82) is 0 Å². The van der Waals surface area contributed by atoms with Gasteiger partial charge < -0.3 is 11.5 Å². The summed E-state index contributed by atoms with van der Waals surface area (Å²) < 4.78 is 0. The third-order valence-corrected chi connectivity index (χ3v) is 2.34. The van der Waals surface area contributed by atoms with Crippen LogP contribution in [0.15, 0.2) is 11.4 Å². The molecule has 0 saturated heterocycles. The summed E-state index contributed by atoms with van der Waals surface area (Å²) in [5.74, 6) is 0. The Hall–Kier alpha value is -0.660. The lowest BCUT2D eigenvalue weighted by Crippen LogP contribution is -2.08. The van der Waals surface area contributed by atoms with Crippen LogP contribution in [-0.4, -0.2) is 0 Å². The van der Waals surface area contributed by atoms with Crippen LogP contribution in [0.2, 0.25) is 0 Å². The zero-order valence-corrected chi connectivity index (χ0v) is 9.10. The molecule has 78 valence electrons. The molecule has 0 aliphatic carbocycles. The first kappa shape index (κ1) is 12.3. The Labute approximate surface area is 82.4 Å². The second kappa shape index (κ2) is 7.96. The predicted molar refractivity (Wildman–Crippen MR) is 59.1 cm³/mol. The van der Waals surface area contributed by atoms with Gasteiger partial charge in [-0.05, 0) is 19.3 Å². The monoisotopic (exact) mass is 184 g/mol. The minimum Gasteiger partial charge on any atom is -0.401 e. The van der Waals surface area contributed by atoms with Crippen LogP contribution >= 0.6 is 0 Å². The number of rotatable bonds is 7. The van der Waals surface area contributed by atoms with E-state index >= 15 is 0 Å². The quantitative estimate of drug-likeness (QED) is 0.598. The van der Waals surface area contributed by atoms with Crippen LogP contribution in [0.5, 0.6) is 0 Å². The summed E-state index contributed by atoms with van der Waals surface area (Å²) >= 11 is 0. The lowest BCUT2D eigenvalue weighted by molar-refractivity contribution is 0.626. The molecule has 0 spiro atoms. The summed E-state index contributed by atoms with van der Waals surface area (Å²) in [6.45, 7) is 4.27. The molecule has 0 bridgehead atoms. The Morgan fingerprint density at radius 1 is 0.846 bits per heavy atom. The van der Waals surface area contributed by atoms with Crippen LogP contribution in [0.25, 0.3) is 0 Å². The summed E-state index contributed by atoms with van der Waals surface area (Å²) in [6.07, 6.45) is 8.29. The molecular weight excluding hydrogens is 160 g/mol. The maximum Gasteiger partial charge on any atom is 0.0271 e. The summed E-state index contributed by atoms with van der Waals surface area (Å²) in [5, 5.41) is 0. The second-order valence-corrected chi connectivity index (χ2v) is 3.57. The first-order valence-corrected chi connectivity index (χ1v) is 5.45. The van der Waals surface area contributed by atoms with Crippen molar-refractivity contribution in [3.63, 3.8) is 0 Å². The molecule has 2 heteroatoms. The fourth-order valence-corrected chi connectivity index (χ4v) is 1.31. The molecule has 4 N–H and O–H groups in total. The second-order valence-electron chi connectivity index (χ2n) is 3.57. The van der Waals surface area contributed by atoms with Crippen LogP contribution in [-0.2, 0) is 0 Å². The zero-order valence-electron chi connectivity index (χ0n) is 9.10. The normalized spacial score (nSPS) is 12.8. The van der Waals surface area contributed by atoms with Gasteiger partial charge >= 0.3 is 0 Å². The number of hydrogen-bond acceptors (Lipinski definition) is 2. The number of hydrogen-bond donors (Lipinski definition) is 2. The maximum absolute atomic E-state index is 5.80. The van der Waals surface area contributed by atoms with E-state index in [1.54, 1.807) is 0 Å². The predicted octanol–water partition coefficient (Wildman–Crippen LogP) is 2.89. The first-order valence-electron chi connectivity index (χ1n) is 5.45. The Balaban J connectivity index is 3.42. The fraction of sp³-hybridized carbons (Fsp3) is 0.818. The molecule has 0 aliphatic heterocycles. The molecule has 0 aromatic carbocycles. The van der Waals surface area contributed by atoms with E-state index in [0.29, 0.717) is 0 Å². The molecule has 0 rings (SSSR count). The molecule has 0 aromatic rings. The van der Waals surface area contributed by atoms with Gasteiger partial charge in [-0.15, -0.1) is 0 Å². The van der Waals surface area contributed by atoms with Gasteiger partial charge in [-0.2, -0.15) is 0 Å². The van der Waals surface area contributed by atoms with E-state index in [1.165, 1.54) is 32.1 Å². The molecule has 0 unspecified atom stereocenters. The Morgan fingerprint density at radius 2 is 1.46 bits per heavy atom. The molecule has 0 saturated carbocycles. The molecular formula is C11H24N2. The molecule has 13 heavy (non-hydrogen) atoms. The standard InChI is InChI=1S/C11H24N2/c1-3-5-6-7-8-9-11(13)10(12)4-2/h3-9,12-13H2,1-2H3/b11-10-. The van der Waals surface area contributed by atoms with Gasteiger partial charge in [0.05, 0.1) is 0 Å². The third-order valence-electron chi connectivity index (χ3n) is 2.34. The van der Waals surface area contributed by atoms with Crippen LogP contribution in [0.1, 0.15) is 58.8 Å². The average Bonchev–Trinajstić information content (AvgIpc) is 2.16. The van der Waals surface area contributed by atoms with Crippen molar-refractivity contribution in [2.24, 2.45) is 11.5 Å². The van der Waals surface area contributed by atoms with Gasteiger partial charge in [0, 0.05) is 11.4 Å². The van der Waals surface area contributed by atoms with Crippen molar-refractivity contribution in [3.8, 4) is 0 Å². The first-order chi connectivity index (χ1) is 6.22. The van der Waals surface area contributed by atoms with E-state index in [-0.39, 0.29) is 0 Å². The van der Waals surface area contributed by atoms with Crippen molar-refractivity contribution in [2.45, 2.75) is 58.8 Å². The van der Waals surface area contributed by atoms with Gasteiger partial charge in [0.1, 0.15) is 0 Å². The summed E-state index contributed by atoms with van der Waals surface area (Å²) in [5.41, 5.74) is 13.3. The maximum atomic E-state index is 5.80. The van der Waals surface area contributed by atoms with Crippen molar-refractivity contribution in [3.05, 3.63) is 11.4 Å². The summed E-state index contributed by atoms with van der Waals surface area (Å²) in [4.78, 5) is 0. The van der Waals surface area contributed by atoms with Crippen LogP contribution < -0.4 is 11.5 Å². The minimum atomic E-state index is 0.871. The summed E-state index contributed by atoms with van der Waals surface area (Å²) in [6, 6.07) is 0. The van der Waals surface area contributed by atoms with E-state index in [9.17, 15) is 0 Å². The molecule has 0 atom stereocenters. The molecule has 0 aromatic heterocycles. The van der Waals surface area contributed by atoms with E-state index < -0.39 is 0 Å². The highest BCUT2D eigenvalue weighted by molar-refractivity contribution is 5.06. The van der Waals surface area contributed by atoms with E-state index in [4.69, 9.17) is 11.5 Å². The van der Waals surface area contributed by atoms with E-state index in [1.807, 2.05) is 6.92 Å². The van der Waals surface area contributed by atoms with Crippen LogP contribution in [0.3, 0.4) is 0 Å². The molecule has 2 nitrogen and oxygen atoms in total. The Kier molecular flexibility index (Phi) is 7.56. The lowest BCUT2D eigenvalue weighted by Gasteiger charge is -2.05. The highest BCUT2D eigenvalue weighted by Crippen LogP contribution is 2.09. The molecule has 0 aliphatic rings. The number of allylic oxidation sites excluding steroid dienone is 2. The van der Waals surface area contributed by atoms with E-state index in [0.717, 1.165) is 24.2 Å². The van der Waals surface area contributed by atoms with Gasteiger partial charge in [-0.25, -0.2) is 0 Å².